The molecule has 2 fully saturated rings. The molecule has 2 aliphatic heterocycles. The van der Waals surface area contributed by atoms with Crippen molar-refractivity contribution in [2.45, 2.75) is 118 Å². The Morgan fingerprint density at radius 1 is 0.423 bits per heavy atom. The van der Waals surface area contributed by atoms with Gasteiger partial charge >= 0.3 is 0 Å². The molecule has 0 aromatic rings. The molecule has 26 heavy (non-hydrogen) atoms. The summed E-state index contributed by atoms with van der Waals surface area (Å²) in [4.78, 5) is 0. The molecule has 0 aromatic carbocycles. The van der Waals surface area contributed by atoms with Crippen LogP contribution in [-0.2, 0) is 37.9 Å². The van der Waals surface area contributed by atoms with Crippen molar-refractivity contribution in [3.63, 3.8) is 0 Å². The van der Waals surface area contributed by atoms with Crippen LogP contribution in [0, 0.1) is 0 Å². The molecule has 0 aromatic heterocycles. The van der Waals surface area contributed by atoms with Crippen LogP contribution < -0.4 is 0 Å². The summed E-state index contributed by atoms with van der Waals surface area (Å²) in [5, 5.41) is 0. The van der Waals surface area contributed by atoms with E-state index in [-0.39, 0.29) is 24.4 Å². The summed E-state index contributed by atoms with van der Waals surface area (Å²) in [6.45, 7) is 15.3. The highest BCUT2D eigenvalue weighted by atomic mass is 16.9. The SMILES string of the molecule is CC(C)OC1OC2OC(OC(C)C)C(OC(C)C)OC2OC1OC(C)C. The van der Waals surface area contributed by atoms with E-state index in [0.29, 0.717) is 0 Å². The van der Waals surface area contributed by atoms with Crippen LogP contribution in [0.25, 0.3) is 0 Å². The van der Waals surface area contributed by atoms with Crippen LogP contribution in [0.3, 0.4) is 0 Å². The van der Waals surface area contributed by atoms with E-state index >= 15 is 0 Å². The zero-order valence-electron chi connectivity index (χ0n) is 17.0. The van der Waals surface area contributed by atoms with E-state index in [4.69, 9.17) is 37.9 Å². The Balaban J connectivity index is 2.10. The second-order valence-electron chi connectivity index (χ2n) is 7.49. The van der Waals surface area contributed by atoms with Gasteiger partial charge in [0.05, 0.1) is 24.4 Å². The van der Waals surface area contributed by atoms with Crippen molar-refractivity contribution < 1.29 is 37.9 Å². The average Bonchev–Trinajstić information content (AvgIpc) is 2.47. The van der Waals surface area contributed by atoms with Crippen LogP contribution in [0.4, 0.5) is 0 Å². The van der Waals surface area contributed by atoms with Gasteiger partial charge in [0.1, 0.15) is 0 Å². The standard InChI is InChI=1S/C18H34O8/c1-9(2)19-13-14(20-10(3)4)24-18-17(23-13)25-15(21-11(5)6)16(26-18)22-12(7)8/h9-18H,1-8H3. The van der Waals surface area contributed by atoms with E-state index in [1.54, 1.807) is 0 Å². The van der Waals surface area contributed by atoms with Gasteiger partial charge in [-0.25, -0.2) is 0 Å². The Kier molecular flexibility index (Phi) is 8.24. The highest BCUT2D eigenvalue weighted by molar-refractivity contribution is 4.73. The van der Waals surface area contributed by atoms with Crippen LogP contribution in [0.1, 0.15) is 55.4 Å². The molecule has 2 rings (SSSR count). The molecule has 0 aliphatic carbocycles. The molecule has 2 aliphatic rings. The summed E-state index contributed by atoms with van der Waals surface area (Å²) in [7, 11) is 0. The second kappa shape index (κ2) is 9.75. The van der Waals surface area contributed by atoms with Gasteiger partial charge < -0.3 is 37.9 Å². The molecule has 4 unspecified atom stereocenters. The summed E-state index contributed by atoms with van der Waals surface area (Å²) in [6, 6.07) is 0. The predicted octanol–water partition coefficient (Wildman–Crippen LogP) is 2.74. The maximum Gasteiger partial charge on any atom is 0.215 e. The molecule has 0 saturated carbocycles. The van der Waals surface area contributed by atoms with Crippen LogP contribution in [-0.4, -0.2) is 62.2 Å². The molecule has 8 nitrogen and oxygen atoms in total. The highest BCUT2D eigenvalue weighted by Crippen LogP contribution is 2.33. The van der Waals surface area contributed by atoms with Gasteiger partial charge in [0.25, 0.3) is 0 Å². The maximum absolute atomic E-state index is 5.92. The fourth-order valence-electron chi connectivity index (χ4n) is 2.56. The molecule has 2 heterocycles. The lowest BCUT2D eigenvalue weighted by Gasteiger charge is -2.47. The van der Waals surface area contributed by atoms with Crippen molar-refractivity contribution >= 4 is 0 Å². The lowest BCUT2D eigenvalue weighted by Crippen LogP contribution is -2.61. The molecule has 0 bridgehead atoms. The zero-order chi connectivity index (χ0) is 19.4. The Morgan fingerprint density at radius 2 is 0.615 bits per heavy atom. The Labute approximate surface area is 156 Å². The van der Waals surface area contributed by atoms with Crippen molar-refractivity contribution in [2.75, 3.05) is 0 Å². The molecular weight excluding hydrogens is 344 g/mol. The third kappa shape index (κ3) is 6.38. The summed E-state index contributed by atoms with van der Waals surface area (Å²) >= 11 is 0. The van der Waals surface area contributed by atoms with Gasteiger partial charge in [-0.1, -0.05) is 0 Å². The molecule has 0 N–H and O–H groups in total. The number of ether oxygens (including phenoxy) is 8. The van der Waals surface area contributed by atoms with Gasteiger partial charge in [0.2, 0.25) is 37.7 Å². The fraction of sp³-hybridized carbons (Fsp3) is 1.00. The first-order chi connectivity index (χ1) is 12.2. The van der Waals surface area contributed by atoms with Crippen LogP contribution >= 0.6 is 0 Å². The first kappa shape index (κ1) is 22.0. The minimum atomic E-state index is -0.804. The monoisotopic (exact) mass is 378 g/mol. The first-order valence-electron chi connectivity index (χ1n) is 9.39. The lowest BCUT2D eigenvalue weighted by molar-refractivity contribution is -0.511. The van der Waals surface area contributed by atoms with E-state index in [2.05, 4.69) is 0 Å². The van der Waals surface area contributed by atoms with Crippen molar-refractivity contribution in [2.24, 2.45) is 0 Å². The summed E-state index contributed by atoms with van der Waals surface area (Å²) in [6.07, 6.45) is -4.80. The number of fused-ring (bicyclic) bond motifs is 1. The summed E-state index contributed by atoms with van der Waals surface area (Å²) < 4.78 is 46.8. The van der Waals surface area contributed by atoms with Crippen LogP contribution in [0.2, 0.25) is 0 Å². The second-order valence-corrected chi connectivity index (χ2v) is 7.49. The molecule has 0 spiro atoms. The van der Waals surface area contributed by atoms with E-state index in [9.17, 15) is 0 Å². The van der Waals surface area contributed by atoms with Crippen molar-refractivity contribution in [3.8, 4) is 0 Å². The van der Waals surface area contributed by atoms with Gasteiger partial charge in [-0.3, -0.25) is 0 Å². The fourth-order valence-corrected chi connectivity index (χ4v) is 2.56. The smallest absolute Gasteiger partial charge is 0.215 e. The van der Waals surface area contributed by atoms with Gasteiger partial charge in [0, 0.05) is 0 Å². The minimum Gasteiger partial charge on any atom is -0.345 e. The Morgan fingerprint density at radius 3 is 0.769 bits per heavy atom. The van der Waals surface area contributed by atoms with Crippen molar-refractivity contribution in [3.05, 3.63) is 0 Å². The van der Waals surface area contributed by atoms with E-state index in [0.717, 1.165) is 0 Å². The Hall–Kier alpha value is -0.320. The van der Waals surface area contributed by atoms with Gasteiger partial charge in [-0.2, -0.15) is 0 Å². The molecule has 2 saturated heterocycles. The third-order valence-corrected chi connectivity index (χ3v) is 3.36. The van der Waals surface area contributed by atoms with Crippen molar-refractivity contribution in [1.29, 1.82) is 0 Å². The number of hydrogen-bond acceptors (Lipinski definition) is 8. The largest absolute Gasteiger partial charge is 0.345 e. The predicted molar refractivity (Wildman–Crippen MR) is 92.0 cm³/mol. The topological polar surface area (TPSA) is 73.8 Å². The van der Waals surface area contributed by atoms with E-state index in [1.807, 2.05) is 55.4 Å². The zero-order valence-corrected chi connectivity index (χ0v) is 17.0. The Bertz CT molecular complexity index is 340. The van der Waals surface area contributed by atoms with E-state index < -0.39 is 37.7 Å². The number of hydrogen-bond donors (Lipinski definition) is 0. The minimum absolute atomic E-state index is 0.0670. The molecular formula is C18H34O8. The average molecular weight is 378 g/mol. The molecule has 8 heteroatoms. The van der Waals surface area contributed by atoms with Crippen molar-refractivity contribution in [1.82, 2.24) is 0 Å². The number of rotatable bonds is 8. The lowest BCUT2D eigenvalue weighted by atomic mass is 10.3. The molecule has 154 valence electrons. The molecule has 0 amide bonds. The van der Waals surface area contributed by atoms with Gasteiger partial charge in [0.15, 0.2) is 0 Å². The van der Waals surface area contributed by atoms with Gasteiger partial charge in [-0.15, -0.1) is 0 Å². The van der Waals surface area contributed by atoms with Crippen LogP contribution in [0.5, 0.6) is 0 Å². The summed E-state index contributed by atoms with van der Waals surface area (Å²) in [5.74, 6) is 0. The molecule has 0 radical (unpaired) electrons. The highest BCUT2D eigenvalue weighted by Gasteiger charge is 2.50. The third-order valence-electron chi connectivity index (χ3n) is 3.36. The van der Waals surface area contributed by atoms with Gasteiger partial charge in [-0.05, 0) is 55.4 Å². The maximum atomic E-state index is 5.92. The normalized spacial score (nSPS) is 35.5. The molecule has 4 atom stereocenters. The summed E-state index contributed by atoms with van der Waals surface area (Å²) in [5.41, 5.74) is 0. The first-order valence-corrected chi connectivity index (χ1v) is 9.39. The van der Waals surface area contributed by atoms with E-state index in [1.165, 1.54) is 0 Å². The quantitative estimate of drug-likeness (QED) is 0.638. The van der Waals surface area contributed by atoms with Crippen LogP contribution in [0.15, 0.2) is 0 Å².